The fourth-order valence-corrected chi connectivity index (χ4v) is 2.77. The predicted molar refractivity (Wildman–Crippen MR) is 98.6 cm³/mol. The predicted octanol–water partition coefficient (Wildman–Crippen LogP) is 4.22. The normalized spacial score (nSPS) is 10.9. The molecule has 0 atom stereocenters. The zero-order chi connectivity index (χ0) is 20.5. The summed E-state index contributed by atoms with van der Waals surface area (Å²) in [6.07, 6.45) is 3.04. The molecule has 0 fully saturated rings. The number of aromatic nitrogens is 3. The van der Waals surface area contributed by atoms with Crippen molar-refractivity contribution in [3.63, 3.8) is 0 Å². The van der Waals surface area contributed by atoms with E-state index < -0.39 is 23.4 Å². The van der Waals surface area contributed by atoms with Crippen molar-refractivity contribution in [2.75, 3.05) is 11.9 Å². The lowest BCUT2D eigenvalue weighted by Crippen LogP contribution is -2.28. The number of halogens is 3. The van der Waals surface area contributed by atoms with E-state index >= 15 is 0 Å². The average molecular weight is 398 g/mol. The summed E-state index contributed by atoms with van der Waals surface area (Å²) in [6, 6.07) is 9.64. The lowest BCUT2D eigenvalue weighted by molar-refractivity contribution is 0.0984. The number of fused-ring (bicyclic) bond motifs is 1. The van der Waals surface area contributed by atoms with Crippen LogP contribution in [0.3, 0.4) is 0 Å². The number of hydrogen-bond donors (Lipinski definition) is 0. The maximum atomic E-state index is 14.2. The third kappa shape index (κ3) is 3.49. The summed E-state index contributed by atoms with van der Waals surface area (Å²) < 4.78 is 47.6. The summed E-state index contributed by atoms with van der Waals surface area (Å²) in [4.78, 5) is 22.5. The number of carbonyl (C=O) groups excluding carboxylic acids is 1. The Morgan fingerprint density at radius 3 is 2.52 bits per heavy atom. The van der Waals surface area contributed by atoms with Crippen LogP contribution >= 0.6 is 0 Å². The standard InChI is InChI=1S/C20H13F3N4O2/c1-26(16-8-5-13(22)11-15(16)23)19(28)17-18(25-20-24-9-2-10-27(17)20)29-14-6-3-12(21)4-7-14/h2-11H,1H3. The number of imidazole rings is 1. The molecule has 146 valence electrons. The number of ether oxygens (including phenoxy) is 1. The number of hydrogen-bond acceptors (Lipinski definition) is 4. The number of rotatable bonds is 4. The van der Waals surface area contributed by atoms with E-state index in [1.54, 1.807) is 12.3 Å². The second-order valence-electron chi connectivity index (χ2n) is 6.07. The van der Waals surface area contributed by atoms with Crippen LogP contribution in [-0.2, 0) is 0 Å². The van der Waals surface area contributed by atoms with E-state index in [1.165, 1.54) is 41.9 Å². The molecule has 2 aromatic heterocycles. The molecule has 0 spiro atoms. The summed E-state index contributed by atoms with van der Waals surface area (Å²) >= 11 is 0. The second kappa shape index (κ2) is 7.27. The van der Waals surface area contributed by atoms with E-state index in [1.807, 2.05) is 0 Å². The van der Waals surface area contributed by atoms with Gasteiger partial charge < -0.3 is 9.64 Å². The van der Waals surface area contributed by atoms with Crippen molar-refractivity contribution in [3.8, 4) is 11.6 Å². The highest BCUT2D eigenvalue weighted by atomic mass is 19.1. The smallest absolute Gasteiger partial charge is 0.280 e. The Balaban J connectivity index is 1.78. The molecule has 0 aliphatic heterocycles. The molecule has 6 nitrogen and oxygen atoms in total. The fraction of sp³-hybridized carbons (Fsp3) is 0.0500. The highest BCUT2D eigenvalue weighted by Gasteiger charge is 2.27. The van der Waals surface area contributed by atoms with Crippen LogP contribution in [0.5, 0.6) is 11.6 Å². The van der Waals surface area contributed by atoms with Gasteiger partial charge >= 0.3 is 0 Å². The minimum absolute atomic E-state index is 0.0244. The molecule has 4 aromatic rings. The Labute approximate surface area is 162 Å². The molecule has 4 rings (SSSR count). The number of nitrogens with zero attached hydrogens (tertiary/aromatic N) is 4. The summed E-state index contributed by atoms with van der Waals surface area (Å²) in [7, 11) is 1.34. The van der Waals surface area contributed by atoms with Gasteiger partial charge in [-0.2, -0.15) is 4.98 Å². The van der Waals surface area contributed by atoms with Crippen LogP contribution < -0.4 is 9.64 Å². The van der Waals surface area contributed by atoms with Crippen molar-refractivity contribution in [2.45, 2.75) is 0 Å². The van der Waals surface area contributed by atoms with Gasteiger partial charge in [0.15, 0.2) is 5.69 Å². The maximum Gasteiger partial charge on any atom is 0.280 e. The molecule has 2 aromatic carbocycles. The van der Waals surface area contributed by atoms with E-state index in [4.69, 9.17) is 4.74 Å². The van der Waals surface area contributed by atoms with Crippen LogP contribution in [0, 0.1) is 17.5 Å². The van der Waals surface area contributed by atoms with Gasteiger partial charge in [0.05, 0.1) is 5.69 Å². The van der Waals surface area contributed by atoms with Crippen LogP contribution in [0.4, 0.5) is 18.9 Å². The fourth-order valence-electron chi connectivity index (χ4n) is 2.77. The molecule has 1 amide bonds. The minimum atomic E-state index is -0.895. The molecule has 0 bridgehead atoms. The van der Waals surface area contributed by atoms with Crippen LogP contribution in [0.2, 0.25) is 0 Å². The van der Waals surface area contributed by atoms with E-state index in [9.17, 15) is 18.0 Å². The zero-order valence-electron chi connectivity index (χ0n) is 15.0. The van der Waals surface area contributed by atoms with Crippen molar-refractivity contribution in [1.82, 2.24) is 14.4 Å². The van der Waals surface area contributed by atoms with Gasteiger partial charge in [0, 0.05) is 25.5 Å². The topological polar surface area (TPSA) is 59.7 Å². The molecular formula is C20H13F3N4O2. The summed E-state index contributed by atoms with van der Waals surface area (Å²) in [5.41, 5.74) is -0.147. The Bertz CT molecular complexity index is 1210. The molecule has 2 heterocycles. The Hall–Kier alpha value is -3.88. The minimum Gasteiger partial charge on any atom is -0.437 e. The zero-order valence-corrected chi connectivity index (χ0v) is 15.0. The van der Waals surface area contributed by atoms with Gasteiger partial charge in [-0.05, 0) is 42.5 Å². The average Bonchev–Trinajstić information content (AvgIpc) is 3.06. The first kappa shape index (κ1) is 18.5. The van der Waals surface area contributed by atoms with Crippen molar-refractivity contribution in [1.29, 1.82) is 0 Å². The first-order valence-corrected chi connectivity index (χ1v) is 8.43. The molecule has 0 aliphatic rings. The highest BCUT2D eigenvalue weighted by Crippen LogP contribution is 2.28. The maximum absolute atomic E-state index is 14.2. The monoisotopic (exact) mass is 398 g/mol. The summed E-state index contributed by atoms with van der Waals surface area (Å²) in [5.74, 6) is -2.42. The molecule has 29 heavy (non-hydrogen) atoms. The van der Waals surface area contributed by atoms with Gasteiger partial charge in [-0.15, -0.1) is 0 Å². The Morgan fingerprint density at radius 1 is 1.07 bits per heavy atom. The molecule has 0 saturated carbocycles. The molecule has 9 heteroatoms. The third-order valence-electron chi connectivity index (χ3n) is 4.18. The van der Waals surface area contributed by atoms with Crippen molar-refractivity contribution < 1.29 is 22.7 Å². The van der Waals surface area contributed by atoms with E-state index in [2.05, 4.69) is 9.97 Å². The second-order valence-corrected chi connectivity index (χ2v) is 6.07. The van der Waals surface area contributed by atoms with Crippen molar-refractivity contribution in [2.24, 2.45) is 0 Å². The van der Waals surface area contributed by atoms with Gasteiger partial charge in [-0.25, -0.2) is 18.2 Å². The number of anilines is 1. The van der Waals surface area contributed by atoms with Crippen LogP contribution in [0.15, 0.2) is 60.9 Å². The molecule has 0 saturated heterocycles. The molecule has 0 aliphatic carbocycles. The molecule has 0 radical (unpaired) electrons. The molecular weight excluding hydrogens is 385 g/mol. The van der Waals surface area contributed by atoms with Crippen LogP contribution in [0.25, 0.3) is 5.78 Å². The quantitative estimate of drug-likeness (QED) is 0.517. The Morgan fingerprint density at radius 2 is 1.79 bits per heavy atom. The third-order valence-corrected chi connectivity index (χ3v) is 4.18. The van der Waals surface area contributed by atoms with Gasteiger partial charge in [-0.1, -0.05) is 0 Å². The van der Waals surface area contributed by atoms with Crippen LogP contribution in [-0.4, -0.2) is 27.3 Å². The van der Waals surface area contributed by atoms with E-state index in [0.717, 1.165) is 17.0 Å². The molecule has 0 N–H and O–H groups in total. The van der Waals surface area contributed by atoms with Gasteiger partial charge in [0.25, 0.3) is 11.8 Å². The Kier molecular flexibility index (Phi) is 4.63. The number of carbonyl (C=O) groups is 1. The number of benzene rings is 2. The van der Waals surface area contributed by atoms with Crippen molar-refractivity contribution >= 4 is 17.4 Å². The SMILES string of the molecule is CN(C(=O)c1c(Oc2ccc(F)cc2)nc2ncccn12)c1ccc(F)cc1F. The van der Waals surface area contributed by atoms with Crippen LogP contribution in [0.1, 0.15) is 10.5 Å². The van der Waals surface area contributed by atoms with E-state index in [-0.39, 0.29) is 28.8 Å². The van der Waals surface area contributed by atoms with Gasteiger partial charge in [-0.3, -0.25) is 9.20 Å². The largest absolute Gasteiger partial charge is 0.437 e. The number of amides is 1. The molecule has 0 unspecified atom stereocenters. The van der Waals surface area contributed by atoms with E-state index in [0.29, 0.717) is 6.07 Å². The first-order chi connectivity index (χ1) is 13.9. The van der Waals surface area contributed by atoms with Gasteiger partial charge in [0.1, 0.15) is 23.2 Å². The van der Waals surface area contributed by atoms with Crippen molar-refractivity contribution in [3.05, 3.63) is 84.1 Å². The summed E-state index contributed by atoms with van der Waals surface area (Å²) in [6.45, 7) is 0. The lowest BCUT2D eigenvalue weighted by Gasteiger charge is -2.18. The van der Waals surface area contributed by atoms with Gasteiger partial charge in [0.2, 0.25) is 5.78 Å². The first-order valence-electron chi connectivity index (χ1n) is 8.43. The summed E-state index contributed by atoms with van der Waals surface area (Å²) in [5, 5.41) is 0. The lowest BCUT2D eigenvalue weighted by atomic mass is 10.2. The highest BCUT2D eigenvalue weighted by molar-refractivity contribution is 6.06.